The molecule has 1 unspecified atom stereocenters. The Morgan fingerprint density at radius 1 is 0.932 bits per heavy atom. The van der Waals surface area contributed by atoms with E-state index in [0.717, 1.165) is 89.1 Å². The fraction of sp³-hybridized carbons (Fsp3) is 0.442. The molecule has 16 heteroatoms. The number of fused-ring (bicyclic) bond motifs is 4. The number of rotatable bonds is 8. The summed E-state index contributed by atoms with van der Waals surface area (Å²) in [5.41, 5.74) is 5.41. The van der Waals surface area contributed by atoms with E-state index in [-0.39, 0.29) is 36.8 Å². The lowest BCUT2D eigenvalue weighted by Gasteiger charge is -2.37. The van der Waals surface area contributed by atoms with Crippen molar-refractivity contribution >= 4 is 63.9 Å². The van der Waals surface area contributed by atoms with Gasteiger partial charge in [-0.25, -0.2) is 0 Å². The molecule has 0 saturated carbocycles. The van der Waals surface area contributed by atoms with Crippen LogP contribution in [-0.2, 0) is 14.4 Å². The van der Waals surface area contributed by atoms with Gasteiger partial charge in [-0.05, 0) is 101 Å². The predicted octanol–water partition coefficient (Wildman–Crippen LogP) is 5.09. The van der Waals surface area contributed by atoms with Gasteiger partial charge in [0.1, 0.15) is 22.9 Å². The number of aliphatic imine (C=N–C) groups is 1. The maximum absolute atomic E-state index is 14.0. The number of carbonyl (C=O) groups is 5. The van der Waals surface area contributed by atoms with E-state index in [9.17, 15) is 24.0 Å². The van der Waals surface area contributed by atoms with E-state index < -0.39 is 35.7 Å². The van der Waals surface area contributed by atoms with E-state index in [0.29, 0.717) is 35.4 Å². The minimum absolute atomic E-state index is 0.0589. The van der Waals surface area contributed by atoms with E-state index in [1.54, 1.807) is 23.5 Å². The minimum atomic E-state index is -0.988. The van der Waals surface area contributed by atoms with Crippen LogP contribution < -0.4 is 15.5 Å². The van der Waals surface area contributed by atoms with Crippen LogP contribution in [0.4, 0.5) is 5.69 Å². The SMILES string of the molecule is Cc1sc2c(c1C)C(c1ccc(Cl)cc1)=N[C@@H](CC(=O)N1CCC(CN[C@H]3CCCN(c4ccc5c(c4)C(=O)N(C4CCC(=O)NC4=O)C5=O)C3)CC1)c1nnc(C)n1-2. The molecule has 0 aliphatic carbocycles. The monoisotopic (exact) mass is 835 g/mol. The Bertz CT molecular complexity index is 2420. The first kappa shape index (κ1) is 39.2. The fourth-order valence-corrected chi connectivity index (χ4v) is 10.5. The standard InChI is InChI=1S/C43H46ClN9O5S/c1-23-24(2)59-43-37(23)38(27-6-8-28(44)9-7-27)46-33(39-49-48-25(3)52(39)43)20-36(55)50-17-14-26(15-18-50)21-45-29-5-4-16-51(22-29)30-10-11-31-32(19-30)42(58)53(41(31)57)34-12-13-35(54)47-40(34)56/h6-11,19,26,29,33-34,45H,4-5,12-18,20-22H2,1-3H3,(H,47,54,56)/t29-,33-,34?/m0/s1. The van der Waals surface area contributed by atoms with Gasteiger partial charge in [0.2, 0.25) is 17.7 Å². The maximum atomic E-state index is 14.0. The molecule has 5 amide bonds. The molecular weight excluding hydrogens is 790 g/mol. The minimum Gasteiger partial charge on any atom is -0.370 e. The van der Waals surface area contributed by atoms with Crippen molar-refractivity contribution in [2.24, 2.45) is 10.9 Å². The van der Waals surface area contributed by atoms with Gasteiger partial charge in [-0.15, -0.1) is 21.5 Å². The van der Waals surface area contributed by atoms with Gasteiger partial charge in [0.25, 0.3) is 11.8 Å². The molecule has 0 radical (unpaired) electrons. The second-order valence-electron chi connectivity index (χ2n) is 16.3. The number of halogens is 1. The summed E-state index contributed by atoms with van der Waals surface area (Å²) in [7, 11) is 0. The number of aromatic nitrogens is 3. The molecule has 59 heavy (non-hydrogen) atoms. The van der Waals surface area contributed by atoms with Crippen molar-refractivity contribution < 1.29 is 24.0 Å². The highest BCUT2D eigenvalue weighted by molar-refractivity contribution is 7.15. The number of carbonyl (C=O) groups excluding carboxylic acids is 5. The Kier molecular flexibility index (Phi) is 10.5. The van der Waals surface area contributed by atoms with Gasteiger partial charge >= 0.3 is 0 Å². The van der Waals surface area contributed by atoms with Gasteiger partial charge in [0.05, 0.1) is 23.3 Å². The molecule has 3 fully saturated rings. The molecule has 7 heterocycles. The number of benzene rings is 2. The van der Waals surface area contributed by atoms with Crippen LogP contribution in [0.15, 0.2) is 47.5 Å². The van der Waals surface area contributed by atoms with Crippen LogP contribution in [0, 0.1) is 26.7 Å². The molecule has 3 saturated heterocycles. The van der Waals surface area contributed by atoms with Crippen molar-refractivity contribution in [2.45, 2.75) is 83.8 Å². The number of hydrogen-bond donors (Lipinski definition) is 2. The summed E-state index contributed by atoms with van der Waals surface area (Å²) in [4.78, 5) is 76.6. The van der Waals surface area contributed by atoms with Crippen LogP contribution in [0.5, 0.6) is 0 Å². The molecule has 4 aromatic rings. The first-order valence-corrected chi connectivity index (χ1v) is 21.6. The number of nitrogens with one attached hydrogen (secondary N) is 2. The van der Waals surface area contributed by atoms with Crippen molar-refractivity contribution in [1.29, 1.82) is 0 Å². The summed E-state index contributed by atoms with van der Waals surface area (Å²) >= 11 is 7.97. The first-order valence-electron chi connectivity index (χ1n) is 20.4. The predicted molar refractivity (Wildman–Crippen MR) is 224 cm³/mol. The number of nitrogens with zero attached hydrogens (tertiary/aromatic N) is 7. The van der Waals surface area contributed by atoms with Crippen LogP contribution in [0.1, 0.15) is 105 Å². The highest BCUT2D eigenvalue weighted by Gasteiger charge is 2.45. The second kappa shape index (κ2) is 15.7. The number of imide groups is 2. The van der Waals surface area contributed by atoms with Crippen molar-refractivity contribution in [1.82, 2.24) is 35.2 Å². The lowest BCUT2D eigenvalue weighted by atomic mass is 9.95. The number of anilines is 1. The lowest BCUT2D eigenvalue weighted by molar-refractivity contribution is -0.136. The van der Waals surface area contributed by atoms with E-state index in [4.69, 9.17) is 16.6 Å². The molecule has 3 atom stereocenters. The molecule has 5 aliphatic rings. The third kappa shape index (κ3) is 7.27. The summed E-state index contributed by atoms with van der Waals surface area (Å²) in [6.07, 6.45) is 4.19. The second-order valence-corrected chi connectivity index (χ2v) is 17.9. The van der Waals surface area contributed by atoms with Crippen LogP contribution in [0.25, 0.3) is 5.00 Å². The van der Waals surface area contributed by atoms with Gasteiger partial charge in [0, 0.05) is 65.4 Å². The number of thiophene rings is 1. The van der Waals surface area contributed by atoms with Crippen molar-refractivity contribution in [3.63, 3.8) is 0 Å². The zero-order valence-electron chi connectivity index (χ0n) is 33.3. The summed E-state index contributed by atoms with van der Waals surface area (Å²) in [5, 5.41) is 16.7. The molecule has 5 aliphatic heterocycles. The average Bonchev–Trinajstić information content (AvgIpc) is 3.81. The lowest BCUT2D eigenvalue weighted by Crippen LogP contribution is -2.54. The van der Waals surface area contributed by atoms with E-state index >= 15 is 0 Å². The fourth-order valence-electron chi connectivity index (χ4n) is 9.18. The van der Waals surface area contributed by atoms with E-state index in [2.05, 4.69) is 44.1 Å². The molecule has 0 bridgehead atoms. The molecule has 0 spiro atoms. The Morgan fingerprint density at radius 3 is 2.46 bits per heavy atom. The van der Waals surface area contributed by atoms with Gasteiger partial charge in [-0.3, -0.25) is 43.7 Å². The van der Waals surface area contributed by atoms with E-state index in [1.807, 2.05) is 42.2 Å². The molecular formula is C43H46ClN9O5S. The zero-order chi connectivity index (χ0) is 41.1. The normalized spacial score (nSPS) is 22.2. The molecule has 306 valence electrons. The Labute approximate surface area is 351 Å². The topological polar surface area (TPSA) is 162 Å². The van der Waals surface area contributed by atoms with Crippen LogP contribution >= 0.6 is 22.9 Å². The highest BCUT2D eigenvalue weighted by Crippen LogP contribution is 2.40. The number of amides is 5. The molecule has 9 rings (SSSR count). The molecule has 14 nitrogen and oxygen atoms in total. The van der Waals surface area contributed by atoms with Gasteiger partial charge in [-0.1, -0.05) is 23.7 Å². The van der Waals surface area contributed by atoms with Crippen LogP contribution in [0.2, 0.25) is 5.02 Å². The third-order valence-electron chi connectivity index (χ3n) is 12.6. The Balaban J connectivity index is 0.817. The Hall–Kier alpha value is -5.25. The summed E-state index contributed by atoms with van der Waals surface area (Å²) in [6, 6.07) is 11.8. The third-order valence-corrected chi connectivity index (χ3v) is 14.0. The summed E-state index contributed by atoms with van der Waals surface area (Å²) in [5.74, 6) is -0.0820. The maximum Gasteiger partial charge on any atom is 0.262 e. The van der Waals surface area contributed by atoms with Gasteiger partial charge in [-0.2, -0.15) is 0 Å². The largest absolute Gasteiger partial charge is 0.370 e. The van der Waals surface area contributed by atoms with E-state index in [1.165, 1.54) is 4.88 Å². The zero-order valence-corrected chi connectivity index (χ0v) is 34.9. The van der Waals surface area contributed by atoms with Gasteiger partial charge in [0.15, 0.2) is 5.82 Å². The smallest absolute Gasteiger partial charge is 0.262 e. The summed E-state index contributed by atoms with van der Waals surface area (Å²) < 4.78 is 2.08. The van der Waals surface area contributed by atoms with Crippen molar-refractivity contribution in [3.8, 4) is 5.00 Å². The van der Waals surface area contributed by atoms with Crippen molar-refractivity contribution in [3.05, 3.63) is 91.8 Å². The number of hydrogen-bond acceptors (Lipinski definition) is 11. The summed E-state index contributed by atoms with van der Waals surface area (Å²) in [6.45, 7) is 9.96. The van der Waals surface area contributed by atoms with Crippen molar-refractivity contribution in [2.75, 3.05) is 37.6 Å². The quantitative estimate of drug-likeness (QED) is 0.231. The van der Waals surface area contributed by atoms with Crippen LogP contribution in [0.3, 0.4) is 0 Å². The van der Waals surface area contributed by atoms with Crippen LogP contribution in [-0.4, -0.2) is 105 Å². The average molecular weight is 836 g/mol. The Morgan fingerprint density at radius 2 is 1.69 bits per heavy atom. The first-order chi connectivity index (χ1) is 28.4. The molecule has 2 N–H and O–H groups in total. The molecule has 2 aromatic carbocycles. The van der Waals surface area contributed by atoms with Gasteiger partial charge < -0.3 is 15.1 Å². The number of piperidine rings is 3. The molecule has 2 aromatic heterocycles. The number of aryl methyl sites for hydroxylation is 2. The number of likely N-dealkylation sites (tertiary alicyclic amines) is 1. The highest BCUT2D eigenvalue weighted by atomic mass is 35.5.